The smallest absolute Gasteiger partial charge is 0.336 e. The zero-order valence-electron chi connectivity index (χ0n) is 20.6. The molecule has 0 unspecified atom stereocenters. The number of carbonyl (C=O) groups excluding carboxylic acids is 3. The zero-order chi connectivity index (χ0) is 27.6. The summed E-state index contributed by atoms with van der Waals surface area (Å²) >= 11 is 0. The Balaban J connectivity index is 1.53. The van der Waals surface area contributed by atoms with Crippen LogP contribution in [0.15, 0.2) is 29.1 Å². The highest BCUT2D eigenvalue weighted by atomic mass is 19.4. The second-order valence-corrected chi connectivity index (χ2v) is 9.31. The van der Waals surface area contributed by atoms with E-state index in [0.717, 1.165) is 31.7 Å². The number of hydrogen-bond donors (Lipinski definition) is 0. The van der Waals surface area contributed by atoms with Gasteiger partial charge in [-0.2, -0.15) is 13.2 Å². The minimum atomic E-state index is -5.33. The van der Waals surface area contributed by atoms with E-state index in [1.807, 2.05) is 0 Å². The molecule has 0 spiro atoms. The van der Waals surface area contributed by atoms with E-state index in [9.17, 15) is 36.7 Å². The van der Waals surface area contributed by atoms with Crippen LogP contribution in [0.5, 0.6) is 0 Å². The van der Waals surface area contributed by atoms with E-state index >= 15 is 0 Å². The zero-order valence-corrected chi connectivity index (χ0v) is 20.6. The lowest BCUT2D eigenvalue weighted by molar-refractivity contribution is -0.202. The van der Waals surface area contributed by atoms with Crippen LogP contribution >= 0.6 is 0 Å². The Morgan fingerprint density at radius 3 is 2.45 bits per heavy atom. The van der Waals surface area contributed by atoms with Gasteiger partial charge in [-0.25, -0.2) is 9.18 Å². The largest absolute Gasteiger partial charge is 0.493 e. The molecule has 1 aliphatic carbocycles. The van der Waals surface area contributed by atoms with E-state index in [1.54, 1.807) is 11.8 Å². The van der Waals surface area contributed by atoms with Crippen LogP contribution in [0, 0.1) is 5.82 Å². The molecule has 4 rings (SSSR count). The van der Waals surface area contributed by atoms with Gasteiger partial charge < -0.3 is 14.6 Å². The lowest BCUT2D eigenvalue weighted by atomic mass is 10.0. The molecule has 2 aromatic rings. The van der Waals surface area contributed by atoms with Crippen LogP contribution in [-0.4, -0.2) is 69.4 Å². The molecule has 13 heteroatoms. The van der Waals surface area contributed by atoms with Gasteiger partial charge in [0.25, 0.3) is 5.91 Å². The fourth-order valence-electron chi connectivity index (χ4n) is 4.80. The van der Waals surface area contributed by atoms with Crippen LogP contribution in [0.25, 0.3) is 0 Å². The SMILES string of the molecule is CCc1cc(Cc2ccc(F)c(C(=O)N3CCN(C4CCCC4)C(=O)C3)c2)nn(OC(=O)C(F)(F)F)c1=O. The predicted molar refractivity (Wildman–Crippen MR) is 125 cm³/mol. The van der Waals surface area contributed by atoms with Crippen molar-refractivity contribution in [1.82, 2.24) is 19.7 Å². The van der Waals surface area contributed by atoms with Crippen molar-refractivity contribution in [3.63, 3.8) is 0 Å². The van der Waals surface area contributed by atoms with Crippen molar-refractivity contribution in [1.29, 1.82) is 0 Å². The van der Waals surface area contributed by atoms with E-state index in [1.165, 1.54) is 23.1 Å². The summed E-state index contributed by atoms with van der Waals surface area (Å²) in [5.41, 5.74) is -0.821. The molecule has 0 N–H and O–H groups in total. The molecule has 9 nitrogen and oxygen atoms in total. The molecule has 204 valence electrons. The lowest BCUT2D eigenvalue weighted by Gasteiger charge is -2.37. The van der Waals surface area contributed by atoms with Gasteiger partial charge in [0, 0.05) is 31.1 Å². The van der Waals surface area contributed by atoms with Gasteiger partial charge >= 0.3 is 17.7 Å². The predicted octanol–water partition coefficient (Wildman–Crippen LogP) is 2.28. The van der Waals surface area contributed by atoms with Gasteiger partial charge in [-0.3, -0.25) is 14.4 Å². The Kier molecular flexibility index (Phi) is 7.83. The first-order valence-corrected chi connectivity index (χ1v) is 12.3. The molecular formula is C25H26F4N4O5. The first-order valence-electron chi connectivity index (χ1n) is 12.3. The number of amides is 2. The van der Waals surface area contributed by atoms with Crippen LogP contribution < -0.4 is 10.4 Å². The summed E-state index contributed by atoms with van der Waals surface area (Å²) in [5.74, 6) is -4.24. The van der Waals surface area contributed by atoms with E-state index in [0.29, 0.717) is 12.1 Å². The van der Waals surface area contributed by atoms with Crippen molar-refractivity contribution < 1.29 is 36.8 Å². The van der Waals surface area contributed by atoms with Crippen molar-refractivity contribution >= 4 is 17.8 Å². The summed E-state index contributed by atoms with van der Waals surface area (Å²) < 4.78 is 52.5. The molecule has 1 saturated carbocycles. The normalized spacial score (nSPS) is 16.7. The maximum atomic E-state index is 14.7. The van der Waals surface area contributed by atoms with Gasteiger partial charge in [0.05, 0.1) is 11.3 Å². The number of carbonyl (C=O) groups is 3. The fraction of sp³-hybridized carbons (Fsp3) is 0.480. The highest BCUT2D eigenvalue weighted by Gasteiger charge is 2.42. The second-order valence-electron chi connectivity index (χ2n) is 9.31. The van der Waals surface area contributed by atoms with E-state index in [-0.39, 0.29) is 59.5 Å². The number of nitrogens with zero attached hydrogens (tertiary/aromatic N) is 4. The molecule has 0 atom stereocenters. The summed E-state index contributed by atoms with van der Waals surface area (Å²) in [7, 11) is 0. The highest BCUT2D eigenvalue weighted by Crippen LogP contribution is 2.25. The standard InChI is InChI=1S/C25H26F4N4O5/c1-2-16-13-17(30-33(22(16)35)38-24(37)25(27,28)29)11-15-7-8-20(26)19(12-15)23(36)31-9-10-32(21(34)14-31)18-5-3-4-6-18/h7-8,12-13,18H,2-6,9-11,14H2,1H3. The van der Waals surface area contributed by atoms with Crippen molar-refractivity contribution in [2.24, 2.45) is 0 Å². The molecule has 1 saturated heterocycles. The maximum absolute atomic E-state index is 14.7. The third kappa shape index (κ3) is 5.86. The quantitative estimate of drug-likeness (QED) is 0.523. The Labute approximate surface area is 214 Å². The first-order chi connectivity index (χ1) is 18.0. The van der Waals surface area contributed by atoms with Crippen molar-refractivity contribution in [3.8, 4) is 0 Å². The fourth-order valence-corrected chi connectivity index (χ4v) is 4.80. The summed E-state index contributed by atoms with van der Waals surface area (Å²) in [6.45, 7) is 2.06. The number of piperazine rings is 1. The average Bonchev–Trinajstić information content (AvgIpc) is 3.40. The maximum Gasteiger partial charge on any atom is 0.493 e. The number of benzene rings is 1. The van der Waals surface area contributed by atoms with Crippen LogP contribution in [-0.2, 0) is 22.4 Å². The molecule has 0 radical (unpaired) electrons. The summed E-state index contributed by atoms with van der Waals surface area (Å²) in [4.78, 5) is 56.5. The molecule has 2 amide bonds. The summed E-state index contributed by atoms with van der Waals surface area (Å²) in [6.07, 6.45) is -1.32. The third-order valence-electron chi connectivity index (χ3n) is 6.75. The molecule has 0 bridgehead atoms. The molecule has 2 heterocycles. The molecule has 1 aromatic heterocycles. The minimum absolute atomic E-state index is 0.0188. The van der Waals surface area contributed by atoms with Crippen LogP contribution in [0.4, 0.5) is 17.6 Å². The number of aryl methyl sites for hydroxylation is 1. The second kappa shape index (κ2) is 10.9. The highest BCUT2D eigenvalue weighted by molar-refractivity contribution is 5.97. The molecule has 2 aliphatic rings. The van der Waals surface area contributed by atoms with E-state index in [2.05, 4.69) is 9.94 Å². The molecule has 1 aromatic carbocycles. The number of alkyl halides is 3. The number of aromatic nitrogens is 2. The number of rotatable bonds is 6. The Hall–Kier alpha value is -3.77. The van der Waals surface area contributed by atoms with Gasteiger partial charge in [0.1, 0.15) is 12.4 Å². The monoisotopic (exact) mass is 538 g/mol. The van der Waals surface area contributed by atoms with Gasteiger partial charge in [-0.15, -0.1) is 5.10 Å². The van der Waals surface area contributed by atoms with E-state index < -0.39 is 29.4 Å². The average molecular weight is 538 g/mol. The molecule has 1 aliphatic heterocycles. The van der Waals surface area contributed by atoms with Gasteiger partial charge in [-0.1, -0.05) is 25.8 Å². The first kappa shape index (κ1) is 27.3. The van der Waals surface area contributed by atoms with Gasteiger partial charge in [-0.05, 0) is 47.9 Å². The Morgan fingerprint density at radius 2 is 1.82 bits per heavy atom. The van der Waals surface area contributed by atoms with Crippen molar-refractivity contribution in [2.75, 3.05) is 19.6 Å². The Bertz CT molecular complexity index is 1300. The lowest BCUT2D eigenvalue weighted by Crippen LogP contribution is -2.55. The van der Waals surface area contributed by atoms with Gasteiger partial charge in [0.2, 0.25) is 5.91 Å². The molecular weight excluding hydrogens is 512 g/mol. The van der Waals surface area contributed by atoms with Crippen molar-refractivity contribution in [2.45, 2.75) is 57.7 Å². The summed E-state index contributed by atoms with van der Waals surface area (Å²) in [6, 6.07) is 5.22. The van der Waals surface area contributed by atoms with Crippen LogP contribution in [0.3, 0.4) is 0 Å². The Morgan fingerprint density at radius 1 is 1.11 bits per heavy atom. The number of halogens is 4. The number of hydrogen-bond acceptors (Lipinski definition) is 6. The van der Waals surface area contributed by atoms with E-state index in [4.69, 9.17) is 0 Å². The molecule has 38 heavy (non-hydrogen) atoms. The molecule has 2 fully saturated rings. The van der Waals surface area contributed by atoms with Gasteiger partial charge in [0.15, 0.2) is 0 Å². The van der Waals surface area contributed by atoms with Crippen LogP contribution in [0.2, 0.25) is 0 Å². The third-order valence-corrected chi connectivity index (χ3v) is 6.75. The van der Waals surface area contributed by atoms with Crippen LogP contribution in [0.1, 0.15) is 59.8 Å². The topological polar surface area (TPSA) is 102 Å². The summed E-state index contributed by atoms with van der Waals surface area (Å²) in [5, 5.41) is 3.69. The minimum Gasteiger partial charge on any atom is -0.336 e. The van der Waals surface area contributed by atoms with Crippen molar-refractivity contribution in [3.05, 3.63) is 62.8 Å².